The van der Waals surface area contributed by atoms with E-state index in [1.807, 2.05) is 0 Å². The first-order valence-electron chi connectivity index (χ1n) is 7.10. The van der Waals surface area contributed by atoms with E-state index in [1.54, 1.807) is 38.3 Å². The Morgan fingerprint density at radius 2 is 2.00 bits per heavy atom. The molecule has 1 unspecified atom stereocenters. The van der Waals surface area contributed by atoms with Gasteiger partial charge in [0.1, 0.15) is 30.0 Å². The second-order valence-corrected chi connectivity index (χ2v) is 4.87. The molecule has 7 nitrogen and oxygen atoms in total. The first kappa shape index (κ1) is 16.7. The highest BCUT2D eigenvalue weighted by molar-refractivity contribution is 5.93. The van der Waals surface area contributed by atoms with E-state index >= 15 is 0 Å². The summed E-state index contributed by atoms with van der Waals surface area (Å²) in [6, 6.07) is 7.07. The first-order valence-corrected chi connectivity index (χ1v) is 7.10. The molecule has 0 saturated heterocycles. The summed E-state index contributed by atoms with van der Waals surface area (Å²) in [5.41, 5.74) is 0.344. The van der Waals surface area contributed by atoms with E-state index in [0.717, 1.165) is 0 Å². The predicted molar refractivity (Wildman–Crippen MR) is 83.6 cm³/mol. The summed E-state index contributed by atoms with van der Waals surface area (Å²) in [7, 11) is 1.57. The van der Waals surface area contributed by atoms with Crippen LogP contribution in [0.15, 0.2) is 36.7 Å². The highest BCUT2D eigenvalue weighted by Gasteiger charge is 2.10. The van der Waals surface area contributed by atoms with Crippen LogP contribution in [0.25, 0.3) is 0 Å². The quantitative estimate of drug-likeness (QED) is 0.790. The third-order valence-electron chi connectivity index (χ3n) is 3.02. The lowest BCUT2D eigenvalue weighted by Gasteiger charge is -2.13. The molecule has 7 heteroatoms. The lowest BCUT2D eigenvalue weighted by atomic mass is 10.3. The Hall–Kier alpha value is -2.67. The van der Waals surface area contributed by atoms with Crippen LogP contribution in [0.5, 0.6) is 11.5 Å². The van der Waals surface area contributed by atoms with E-state index in [1.165, 1.54) is 12.4 Å². The zero-order valence-electron chi connectivity index (χ0n) is 13.0. The molecule has 1 amide bonds. The third-order valence-corrected chi connectivity index (χ3v) is 3.02. The second kappa shape index (κ2) is 8.09. The number of rotatable bonds is 7. The molecule has 122 valence electrons. The highest BCUT2D eigenvalue weighted by Crippen LogP contribution is 2.18. The molecule has 0 bridgehead atoms. The molecule has 0 aliphatic carbocycles. The number of carbonyl (C=O) groups is 1. The number of amides is 1. The molecule has 0 spiro atoms. The molecule has 0 saturated carbocycles. The number of hydrogen-bond acceptors (Lipinski definition) is 6. The van der Waals surface area contributed by atoms with Crippen LogP contribution in [0, 0.1) is 6.92 Å². The van der Waals surface area contributed by atoms with Crippen molar-refractivity contribution in [3.63, 3.8) is 0 Å². The van der Waals surface area contributed by atoms with Crippen molar-refractivity contribution in [2.24, 2.45) is 0 Å². The molecule has 0 radical (unpaired) electrons. The Kier molecular flexibility index (Phi) is 5.87. The minimum Gasteiger partial charge on any atom is -0.497 e. The number of ether oxygens (including phenoxy) is 2. The summed E-state index contributed by atoms with van der Waals surface area (Å²) in [5.74, 6) is 1.50. The number of methoxy groups -OCH3 is 1. The van der Waals surface area contributed by atoms with Gasteiger partial charge >= 0.3 is 0 Å². The zero-order valence-corrected chi connectivity index (χ0v) is 13.0. The fourth-order valence-corrected chi connectivity index (χ4v) is 1.76. The van der Waals surface area contributed by atoms with Crippen LogP contribution < -0.4 is 14.8 Å². The van der Waals surface area contributed by atoms with Crippen molar-refractivity contribution >= 4 is 5.91 Å². The number of aliphatic hydroxyl groups is 1. The number of nitrogens with one attached hydrogen (secondary N) is 1. The maximum absolute atomic E-state index is 11.9. The fraction of sp³-hybridized carbons (Fsp3) is 0.312. The molecule has 1 aromatic carbocycles. The van der Waals surface area contributed by atoms with Crippen LogP contribution in [0.1, 0.15) is 16.2 Å². The molecule has 2 N–H and O–H groups in total. The number of hydrogen-bond donors (Lipinski definition) is 2. The van der Waals surface area contributed by atoms with Gasteiger partial charge in [-0.2, -0.15) is 0 Å². The maximum Gasteiger partial charge on any atom is 0.254 e. The molecule has 2 aromatic rings. The maximum atomic E-state index is 11.9. The van der Waals surface area contributed by atoms with E-state index < -0.39 is 6.10 Å². The number of aromatic nitrogens is 2. The third kappa shape index (κ3) is 5.23. The molecule has 1 aromatic heterocycles. The minimum absolute atomic E-state index is 0.0534. The number of carbonyl (C=O) groups excluding carboxylic acids is 1. The summed E-state index contributed by atoms with van der Waals surface area (Å²) in [4.78, 5) is 19.8. The Morgan fingerprint density at radius 3 is 2.70 bits per heavy atom. The Labute approximate surface area is 134 Å². The predicted octanol–water partition coefficient (Wildman–Crippen LogP) is 0.963. The van der Waals surface area contributed by atoms with Crippen LogP contribution in [0.4, 0.5) is 0 Å². The van der Waals surface area contributed by atoms with E-state index in [9.17, 15) is 9.90 Å². The van der Waals surface area contributed by atoms with Crippen LogP contribution >= 0.6 is 0 Å². The monoisotopic (exact) mass is 317 g/mol. The molecule has 1 heterocycles. The van der Waals surface area contributed by atoms with Crippen molar-refractivity contribution in [2.75, 3.05) is 20.3 Å². The van der Waals surface area contributed by atoms with Gasteiger partial charge in [-0.05, 0) is 19.1 Å². The Morgan fingerprint density at radius 1 is 1.30 bits per heavy atom. The molecule has 0 fully saturated rings. The topological polar surface area (TPSA) is 93.6 Å². The summed E-state index contributed by atoms with van der Waals surface area (Å²) in [5, 5.41) is 12.5. The standard InChI is InChI=1S/C16H19N3O4/c1-11-17-7-12(8-18-11)16(21)19-9-13(20)10-23-15-5-3-4-14(6-15)22-2/h3-8,13,20H,9-10H2,1-2H3,(H,19,21). The SMILES string of the molecule is COc1cccc(OCC(O)CNC(=O)c2cnc(C)nc2)c1. The van der Waals surface area contributed by atoms with Gasteiger partial charge < -0.3 is 19.9 Å². The normalized spacial score (nSPS) is 11.6. The van der Waals surface area contributed by atoms with Gasteiger partial charge in [0.15, 0.2) is 0 Å². The van der Waals surface area contributed by atoms with Gasteiger partial charge in [-0.1, -0.05) is 6.07 Å². The van der Waals surface area contributed by atoms with E-state index in [4.69, 9.17) is 9.47 Å². The molecule has 23 heavy (non-hydrogen) atoms. The summed E-state index contributed by atoms with van der Waals surface area (Å²) in [6.07, 6.45) is 2.05. The fourth-order valence-electron chi connectivity index (χ4n) is 1.76. The van der Waals surface area contributed by atoms with Crippen molar-refractivity contribution in [3.05, 3.63) is 48.0 Å². The van der Waals surface area contributed by atoms with Crippen LogP contribution in [-0.2, 0) is 0 Å². The molecule has 2 rings (SSSR count). The van der Waals surface area contributed by atoms with Crippen molar-refractivity contribution in [3.8, 4) is 11.5 Å². The second-order valence-electron chi connectivity index (χ2n) is 4.87. The average molecular weight is 317 g/mol. The van der Waals surface area contributed by atoms with E-state index in [2.05, 4.69) is 15.3 Å². The highest BCUT2D eigenvalue weighted by atomic mass is 16.5. The van der Waals surface area contributed by atoms with Gasteiger partial charge in [-0.3, -0.25) is 4.79 Å². The molecular weight excluding hydrogens is 298 g/mol. The summed E-state index contributed by atoms with van der Waals surface area (Å²) < 4.78 is 10.5. The minimum atomic E-state index is -0.837. The molecular formula is C16H19N3O4. The van der Waals surface area contributed by atoms with Gasteiger partial charge in [-0.15, -0.1) is 0 Å². The first-order chi connectivity index (χ1) is 11.1. The average Bonchev–Trinajstić information content (AvgIpc) is 2.58. The lowest BCUT2D eigenvalue weighted by molar-refractivity contribution is 0.0843. The molecule has 1 atom stereocenters. The summed E-state index contributed by atoms with van der Waals surface area (Å²) in [6.45, 7) is 1.86. The Balaban J connectivity index is 1.77. The van der Waals surface area contributed by atoms with Crippen molar-refractivity contribution in [1.82, 2.24) is 15.3 Å². The van der Waals surface area contributed by atoms with Gasteiger partial charge in [0, 0.05) is 25.0 Å². The van der Waals surface area contributed by atoms with Gasteiger partial charge in [0.05, 0.1) is 12.7 Å². The van der Waals surface area contributed by atoms with Gasteiger partial charge in [-0.25, -0.2) is 9.97 Å². The largest absolute Gasteiger partial charge is 0.497 e. The molecule has 0 aliphatic heterocycles. The summed E-state index contributed by atoms with van der Waals surface area (Å²) >= 11 is 0. The number of aliphatic hydroxyl groups excluding tert-OH is 1. The van der Waals surface area contributed by atoms with Gasteiger partial charge in [0.25, 0.3) is 5.91 Å². The van der Waals surface area contributed by atoms with Crippen LogP contribution in [0.2, 0.25) is 0 Å². The number of aryl methyl sites for hydroxylation is 1. The van der Waals surface area contributed by atoms with Crippen molar-refractivity contribution < 1.29 is 19.4 Å². The number of benzene rings is 1. The van der Waals surface area contributed by atoms with Gasteiger partial charge in [0.2, 0.25) is 0 Å². The smallest absolute Gasteiger partial charge is 0.254 e. The van der Waals surface area contributed by atoms with E-state index in [-0.39, 0.29) is 19.1 Å². The van der Waals surface area contributed by atoms with Crippen LogP contribution in [-0.4, -0.2) is 47.3 Å². The van der Waals surface area contributed by atoms with Crippen molar-refractivity contribution in [2.45, 2.75) is 13.0 Å². The van der Waals surface area contributed by atoms with Crippen LogP contribution in [0.3, 0.4) is 0 Å². The lowest BCUT2D eigenvalue weighted by Crippen LogP contribution is -2.35. The molecule has 0 aliphatic rings. The zero-order chi connectivity index (χ0) is 16.7. The Bertz CT molecular complexity index is 646. The number of nitrogens with zero attached hydrogens (tertiary/aromatic N) is 2. The van der Waals surface area contributed by atoms with E-state index in [0.29, 0.717) is 22.9 Å². The van der Waals surface area contributed by atoms with Crippen molar-refractivity contribution in [1.29, 1.82) is 0 Å².